The lowest BCUT2D eigenvalue weighted by molar-refractivity contribution is -0.160. The number of hydrogen-bond donors (Lipinski definition) is 0. The lowest BCUT2D eigenvalue weighted by Crippen LogP contribution is -2.53. The second-order valence-electron chi connectivity index (χ2n) is 9.64. The Bertz CT molecular complexity index is 621. The van der Waals surface area contributed by atoms with E-state index in [9.17, 15) is 9.59 Å². The number of rotatable bonds is 1. The molecule has 0 aliphatic heterocycles. The number of fused-ring (bicyclic) bond motifs is 5. The Balaban J connectivity index is 1.67. The lowest BCUT2D eigenvalue weighted by atomic mass is 9.47. The summed E-state index contributed by atoms with van der Waals surface area (Å²) in [6, 6.07) is 0. The number of ketones is 1. The van der Waals surface area contributed by atoms with Crippen molar-refractivity contribution in [2.45, 2.75) is 72.3 Å². The van der Waals surface area contributed by atoms with Crippen molar-refractivity contribution in [1.29, 1.82) is 0 Å². The Morgan fingerprint density at radius 1 is 1.16 bits per heavy atom. The Hall–Kier alpha value is -1.12. The molecule has 0 bridgehead atoms. The van der Waals surface area contributed by atoms with Crippen LogP contribution in [0.4, 0.5) is 0 Å². The molecule has 25 heavy (non-hydrogen) atoms. The number of ether oxygens (including phenoxy) is 1. The highest BCUT2D eigenvalue weighted by molar-refractivity contribution is 5.91. The van der Waals surface area contributed by atoms with E-state index < -0.39 is 0 Å². The molecule has 0 radical (unpaired) electrons. The van der Waals surface area contributed by atoms with Gasteiger partial charge in [-0.2, -0.15) is 0 Å². The van der Waals surface area contributed by atoms with Crippen LogP contribution in [0.1, 0.15) is 66.2 Å². The van der Waals surface area contributed by atoms with Crippen LogP contribution in [0.5, 0.6) is 0 Å². The van der Waals surface area contributed by atoms with Crippen molar-refractivity contribution in [3.05, 3.63) is 11.6 Å². The van der Waals surface area contributed by atoms with Gasteiger partial charge in [0.2, 0.25) is 0 Å². The van der Waals surface area contributed by atoms with E-state index in [1.807, 2.05) is 6.08 Å². The summed E-state index contributed by atoms with van der Waals surface area (Å²) in [6.07, 6.45) is 8.33. The van der Waals surface area contributed by atoms with Gasteiger partial charge in [-0.25, -0.2) is 0 Å². The Morgan fingerprint density at radius 2 is 1.92 bits per heavy atom. The van der Waals surface area contributed by atoms with E-state index in [2.05, 4.69) is 20.8 Å². The van der Waals surface area contributed by atoms with Gasteiger partial charge in [-0.1, -0.05) is 26.3 Å². The van der Waals surface area contributed by atoms with E-state index in [1.54, 1.807) is 6.92 Å². The van der Waals surface area contributed by atoms with Gasteiger partial charge in [-0.05, 0) is 73.7 Å². The van der Waals surface area contributed by atoms with Gasteiger partial charge in [0.15, 0.2) is 5.78 Å². The molecule has 0 heterocycles. The van der Waals surface area contributed by atoms with Gasteiger partial charge in [-0.3, -0.25) is 9.59 Å². The summed E-state index contributed by atoms with van der Waals surface area (Å²) in [7, 11) is 0. The van der Waals surface area contributed by atoms with Crippen molar-refractivity contribution in [2.75, 3.05) is 0 Å². The van der Waals surface area contributed by atoms with Crippen molar-refractivity contribution >= 4 is 11.8 Å². The highest BCUT2D eigenvalue weighted by Crippen LogP contribution is 2.65. The molecule has 0 amide bonds. The van der Waals surface area contributed by atoms with Gasteiger partial charge < -0.3 is 4.74 Å². The van der Waals surface area contributed by atoms with Gasteiger partial charge >= 0.3 is 5.97 Å². The van der Waals surface area contributed by atoms with E-state index in [0.717, 1.165) is 32.1 Å². The van der Waals surface area contributed by atoms with Crippen LogP contribution in [0, 0.1) is 40.9 Å². The predicted molar refractivity (Wildman–Crippen MR) is 96.7 cm³/mol. The van der Waals surface area contributed by atoms with Crippen LogP contribution in [0.3, 0.4) is 0 Å². The van der Waals surface area contributed by atoms with E-state index in [4.69, 9.17) is 4.74 Å². The SMILES string of the molecule is CC(=O)OC1CCC2C3C(C4CCC(=O)C=C4C[C@H]3C)[C@@H](C)CC12C. The van der Waals surface area contributed by atoms with E-state index in [1.165, 1.54) is 12.0 Å². The minimum Gasteiger partial charge on any atom is -0.462 e. The van der Waals surface area contributed by atoms with Gasteiger partial charge in [0.1, 0.15) is 6.10 Å². The highest BCUT2D eigenvalue weighted by atomic mass is 16.5. The first-order valence-corrected chi connectivity index (χ1v) is 10.2. The highest BCUT2D eigenvalue weighted by Gasteiger charge is 2.60. The first-order valence-electron chi connectivity index (χ1n) is 10.2. The first-order chi connectivity index (χ1) is 11.8. The number of allylic oxidation sites excluding steroid dienone is 1. The van der Waals surface area contributed by atoms with Gasteiger partial charge in [0.25, 0.3) is 0 Å². The molecule has 0 aromatic heterocycles. The van der Waals surface area contributed by atoms with Gasteiger partial charge in [-0.15, -0.1) is 0 Å². The molecule has 4 aliphatic carbocycles. The molecular formula is C22H32O3. The topological polar surface area (TPSA) is 43.4 Å². The molecule has 0 aromatic carbocycles. The van der Waals surface area contributed by atoms with E-state index in [0.29, 0.717) is 41.3 Å². The molecule has 3 fully saturated rings. The molecule has 0 N–H and O–H groups in total. The fourth-order valence-electron chi connectivity index (χ4n) is 7.48. The van der Waals surface area contributed by atoms with Crippen LogP contribution in [-0.4, -0.2) is 17.9 Å². The Labute approximate surface area is 151 Å². The van der Waals surface area contributed by atoms with Gasteiger partial charge in [0, 0.05) is 18.8 Å². The quantitative estimate of drug-likeness (QED) is 0.655. The van der Waals surface area contributed by atoms with Crippen LogP contribution < -0.4 is 0 Å². The van der Waals surface area contributed by atoms with Gasteiger partial charge in [0.05, 0.1) is 0 Å². The summed E-state index contributed by atoms with van der Waals surface area (Å²) in [5, 5.41) is 0. The monoisotopic (exact) mass is 344 g/mol. The third kappa shape index (κ3) is 2.61. The maximum absolute atomic E-state index is 11.9. The zero-order chi connectivity index (χ0) is 17.9. The molecule has 0 saturated heterocycles. The van der Waals surface area contributed by atoms with Crippen molar-refractivity contribution in [3.63, 3.8) is 0 Å². The number of carbonyl (C=O) groups is 2. The summed E-state index contributed by atoms with van der Waals surface area (Å²) in [5.74, 6) is 4.16. The van der Waals surface area contributed by atoms with Crippen LogP contribution in [-0.2, 0) is 14.3 Å². The third-order valence-corrected chi connectivity index (χ3v) is 8.16. The van der Waals surface area contributed by atoms with Crippen LogP contribution in [0.15, 0.2) is 11.6 Å². The normalized spacial score (nSPS) is 48.9. The minimum atomic E-state index is -0.130. The second kappa shape index (κ2) is 5.96. The molecule has 3 heteroatoms. The molecule has 0 aromatic rings. The number of hydrogen-bond acceptors (Lipinski definition) is 3. The zero-order valence-corrected chi connectivity index (χ0v) is 16.1. The summed E-state index contributed by atoms with van der Waals surface area (Å²) in [4.78, 5) is 23.5. The maximum atomic E-state index is 11.9. The summed E-state index contributed by atoms with van der Waals surface area (Å²) in [5.41, 5.74) is 1.57. The predicted octanol–water partition coefficient (Wildman–Crippen LogP) is 4.55. The van der Waals surface area contributed by atoms with Crippen molar-refractivity contribution in [1.82, 2.24) is 0 Å². The van der Waals surface area contributed by atoms with Crippen molar-refractivity contribution in [2.24, 2.45) is 40.9 Å². The molecular weight excluding hydrogens is 312 g/mol. The fraction of sp³-hybridized carbons (Fsp3) is 0.818. The Kier molecular flexibility index (Phi) is 4.12. The zero-order valence-electron chi connectivity index (χ0n) is 16.1. The fourth-order valence-corrected chi connectivity index (χ4v) is 7.48. The summed E-state index contributed by atoms with van der Waals surface area (Å²) >= 11 is 0. The molecule has 6 unspecified atom stereocenters. The third-order valence-electron chi connectivity index (χ3n) is 8.16. The van der Waals surface area contributed by atoms with Crippen LogP contribution >= 0.6 is 0 Å². The van der Waals surface area contributed by atoms with E-state index in [-0.39, 0.29) is 17.5 Å². The first kappa shape index (κ1) is 17.3. The van der Waals surface area contributed by atoms with E-state index >= 15 is 0 Å². The summed E-state index contributed by atoms with van der Waals surface area (Å²) < 4.78 is 5.77. The standard InChI is InChI=1S/C22H32O3/c1-12-9-15-10-16(24)5-6-17(15)20-13(2)11-22(4)18(21(12)20)7-8-19(22)25-14(3)23/h10,12-13,17-21H,5-9,11H2,1-4H3/t12-,13+,17?,18?,19?,20?,21?,22?/m1/s1. The summed E-state index contributed by atoms with van der Waals surface area (Å²) in [6.45, 7) is 8.73. The molecule has 3 nitrogen and oxygen atoms in total. The minimum absolute atomic E-state index is 0.0930. The molecule has 0 spiro atoms. The largest absolute Gasteiger partial charge is 0.462 e. The number of esters is 1. The maximum Gasteiger partial charge on any atom is 0.302 e. The van der Waals surface area contributed by atoms with Crippen molar-refractivity contribution < 1.29 is 14.3 Å². The molecule has 8 atom stereocenters. The smallest absolute Gasteiger partial charge is 0.302 e. The average molecular weight is 344 g/mol. The number of carbonyl (C=O) groups excluding carboxylic acids is 2. The average Bonchev–Trinajstić information content (AvgIpc) is 2.82. The molecule has 4 aliphatic rings. The van der Waals surface area contributed by atoms with Crippen LogP contribution in [0.25, 0.3) is 0 Å². The van der Waals surface area contributed by atoms with Crippen molar-refractivity contribution in [3.8, 4) is 0 Å². The lowest BCUT2D eigenvalue weighted by Gasteiger charge is -2.58. The van der Waals surface area contributed by atoms with Crippen LogP contribution in [0.2, 0.25) is 0 Å². The second-order valence-corrected chi connectivity index (χ2v) is 9.64. The molecule has 138 valence electrons. The Morgan fingerprint density at radius 3 is 2.64 bits per heavy atom. The molecule has 3 saturated carbocycles. The molecule has 4 rings (SSSR count).